The van der Waals surface area contributed by atoms with Crippen molar-refractivity contribution in [2.45, 2.75) is 30.5 Å². The fourth-order valence-corrected chi connectivity index (χ4v) is 3.47. The number of alkyl halides is 3. The number of rotatable bonds is 6. The van der Waals surface area contributed by atoms with E-state index in [4.69, 9.17) is 9.47 Å². The van der Waals surface area contributed by atoms with Crippen LogP contribution in [0.2, 0.25) is 0 Å². The molecule has 1 fully saturated rings. The highest BCUT2D eigenvalue weighted by atomic mass is 19.4. The quantitative estimate of drug-likeness (QED) is 0.519. The first-order chi connectivity index (χ1) is 15.8. The van der Waals surface area contributed by atoms with Crippen LogP contribution in [0.25, 0.3) is 11.1 Å². The lowest BCUT2D eigenvalue weighted by Gasteiger charge is -2.37. The number of aromatic nitrogens is 2. The summed E-state index contributed by atoms with van der Waals surface area (Å²) in [6, 6.07) is 16.4. The maximum atomic E-state index is 12.8. The molecule has 174 valence electrons. The van der Waals surface area contributed by atoms with Gasteiger partial charge in [-0.1, -0.05) is 42.5 Å². The Morgan fingerprint density at radius 2 is 1.67 bits per heavy atom. The smallest absolute Gasteiger partial charge is 0.434 e. The van der Waals surface area contributed by atoms with Crippen LogP contribution in [0.4, 0.5) is 19.0 Å². The van der Waals surface area contributed by atoms with Gasteiger partial charge in [0.25, 0.3) is 0 Å². The molecule has 1 aliphatic rings. The van der Waals surface area contributed by atoms with Crippen molar-refractivity contribution >= 4 is 5.82 Å². The van der Waals surface area contributed by atoms with Gasteiger partial charge in [0.2, 0.25) is 0 Å². The molecule has 3 aromatic rings. The normalized spacial score (nSPS) is 23.2. The van der Waals surface area contributed by atoms with Gasteiger partial charge in [-0.2, -0.15) is 13.2 Å². The van der Waals surface area contributed by atoms with Crippen molar-refractivity contribution < 1.29 is 32.9 Å². The highest BCUT2D eigenvalue weighted by Crippen LogP contribution is 2.28. The summed E-state index contributed by atoms with van der Waals surface area (Å²) in [6.45, 7) is -0.0872. The maximum Gasteiger partial charge on any atom is 0.434 e. The Morgan fingerprint density at radius 1 is 0.970 bits per heavy atom. The number of benzene rings is 2. The predicted octanol–water partition coefficient (Wildman–Crippen LogP) is 3.14. The van der Waals surface area contributed by atoms with Gasteiger partial charge in [-0.15, -0.1) is 0 Å². The topological polar surface area (TPSA) is 96.7 Å². The molecule has 0 radical (unpaired) electrons. The average molecular weight is 461 g/mol. The van der Waals surface area contributed by atoms with Gasteiger partial charge in [-0.05, 0) is 23.3 Å². The van der Waals surface area contributed by atoms with Gasteiger partial charge in [0.05, 0.1) is 25.0 Å². The molecule has 2 heterocycles. The molecule has 0 saturated carbocycles. The van der Waals surface area contributed by atoms with Crippen molar-refractivity contribution in [3.63, 3.8) is 0 Å². The molecule has 10 heteroatoms. The Balaban J connectivity index is 1.32. The number of hydrogen-bond donors (Lipinski definition) is 3. The van der Waals surface area contributed by atoms with Gasteiger partial charge >= 0.3 is 6.18 Å². The standard InChI is InChI=1S/C23H22F3N3O4/c24-23(25,26)19-10-27-11-20(29-19)28-17-12-33-18(22(31)21(17)30)13-32-16-8-6-15(7-9-16)14-4-2-1-3-5-14/h1-11,17-18,21-22,30-31H,12-13H2,(H,28,29)/t17-,18+,21+,22-/m0/s1. The molecule has 3 N–H and O–H groups in total. The zero-order valence-electron chi connectivity index (χ0n) is 17.3. The Labute approximate surface area is 187 Å². The van der Waals surface area contributed by atoms with E-state index in [0.29, 0.717) is 11.9 Å². The maximum absolute atomic E-state index is 12.8. The number of halogens is 3. The third kappa shape index (κ3) is 5.59. The molecule has 0 spiro atoms. The van der Waals surface area contributed by atoms with Crippen molar-refractivity contribution in [3.8, 4) is 16.9 Å². The van der Waals surface area contributed by atoms with Crippen LogP contribution < -0.4 is 10.1 Å². The monoisotopic (exact) mass is 461 g/mol. The zero-order valence-corrected chi connectivity index (χ0v) is 17.3. The molecule has 1 aromatic heterocycles. The van der Waals surface area contributed by atoms with E-state index in [1.807, 2.05) is 42.5 Å². The van der Waals surface area contributed by atoms with Crippen LogP contribution >= 0.6 is 0 Å². The average Bonchev–Trinajstić information content (AvgIpc) is 2.82. The lowest BCUT2D eigenvalue weighted by Crippen LogP contribution is -2.57. The van der Waals surface area contributed by atoms with Crippen molar-refractivity contribution in [1.82, 2.24) is 9.97 Å². The van der Waals surface area contributed by atoms with Crippen LogP contribution in [0.15, 0.2) is 67.0 Å². The van der Waals surface area contributed by atoms with E-state index < -0.39 is 36.2 Å². The molecular weight excluding hydrogens is 439 g/mol. The Kier molecular flexibility index (Phi) is 6.77. The number of aliphatic hydroxyl groups is 2. The second kappa shape index (κ2) is 9.74. The first kappa shape index (κ1) is 23.0. The lowest BCUT2D eigenvalue weighted by atomic mass is 9.98. The van der Waals surface area contributed by atoms with Crippen molar-refractivity contribution in [2.24, 2.45) is 0 Å². The largest absolute Gasteiger partial charge is 0.491 e. The first-order valence-electron chi connectivity index (χ1n) is 10.2. The summed E-state index contributed by atoms with van der Waals surface area (Å²) < 4.78 is 49.7. The third-order valence-corrected chi connectivity index (χ3v) is 5.27. The molecule has 0 bridgehead atoms. The molecule has 0 aliphatic carbocycles. The van der Waals surface area contributed by atoms with Crippen LogP contribution in [0, 0.1) is 0 Å². The second-order valence-electron chi connectivity index (χ2n) is 7.59. The Hall–Kier alpha value is -3.21. The summed E-state index contributed by atoms with van der Waals surface area (Å²) in [5.74, 6) is 0.386. The van der Waals surface area contributed by atoms with Crippen LogP contribution in [0.1, 0.15) is 5.69 Å². The van der Waals surface area contributed by atoms with E-state index in [1.54, 1.807) is 12.1 Å². The van der Waals surface area contributed by atoms with Crippen LogP contribution in [-0.4, -0.2) is 57.7 Å². The van der Waals surface area contributed by atoms with E-state index in [-0.39, 0.29) is 19.0 Å². The van der Waals surface area contributed by atoms with Gasteiger partial charge in [0.1, 0.15) is 36.5 Å². The molecule has 0 unspecified atom stereocenters. The highest BCUT2D eigenvalue weighted by molar-refractivity contribution is 5.63. The highest BCUT2D eigenvalue weighted by Gasteiger charge is 2.39. The molecular formula is C23H22F3N3O4. The van der Waals surface area contributed by atoms with E-state index in [2.05, 4.69) is 15.3 Å². The minimum atomic E-state index is -4.65. The fourth-order valence-electron chi connectivity index (χ4n) is 3.47. The number of hydrogen-bond acceptors (Lipinski definition) is 7. The van der Waals surface area contributed by atoms with Crippen LogP contribution in [0.3, 0.4) is 0 Å². The SMILES string of the molecule is O[C@@H]1[C@H](O)[C@@H](Nc2cncc(C(F)(F)F)n2)CO[C@@H]1COc1ccc(-c2ccccc2)cc1. The Bertz CT molecular complexity index is 1050. The third-order valence-electron chi connectivity index (χ3n) is 5.27. The molecule has 1 aliphatic heterocycles. The lowest BCUT2D eigenvalue weighted by molar-refractivity contribution is -0.150. The molecule has 2 aromatic carbocycles. The second-order valence-corrected chi connectivity index (χ2v) is 7.59. The van der Waals surface area contributed by atoms with Crippen LogP contribution in [0.5, 0.6) is 5.75 Å². The summed E-state index contributed by atoms with van der Waals surface area (Å²) in [4.78, 5) is 6.96. The molecule has 7 nitrogen and oxygen atoms in total. The van der Waals surface area contributed by atoms with E-state index >= 15 is 0 Å². The van der Waals surface area contributed by atoms with Gasteiger partial charge < -0.3 is 25.0 Å². The number of ether oxygens (including phenoxy) is 2. The summed E-state index contributed by atoms with van der Waals surface area (Å²) in [6.07, 6.45) is -6.40. The number of anilines is 1. The van der Waals surface area contributed by atoms with Gasteiger partial charge in [-0.3, -0.25) is 4.98 Å². The summed E-state index contributed by atoms with van der Waals surface area (Å²) in [5, 5.41) is 23.5. The van der Waals surface area contributed by atoms with E-state index in [1.165, 1.54) is 0 Å². The molecule has 4 atom stereocenters. The molecule has 4 rings (SSSR count). The number of aliphatic hydroxyl groups excluding tert-OH is 2. The van der Waals surface area contributed by atoms with Crippen molar-refractivity contribution in [2.75, 3.05) is 18.5 Å². The summed E-state index contributed by atoms with van der Waals surface area (Å²) in [7, 11) is 0. The predicted molar refractivity (Wildman–Crippen MR) is 114 cm³/mol. The van der Waals surface area contributed by atoms with Gasteiger partial charge in [0.15, 0.2) is 5.69 Å². The first-order valence-corrected chi connectivity index (χ1v) is 10.2. The van der Waals surface area contributed by atoms with Gasteiger partial charge in [0, 0.05) is 0 Å². The van der Waals surface area contributed by atoms with E-state index in [9.17, 15) is 23.4 Å². The van der Waals surface area contributed by atoms with Gasteiger partial charge in [-0.25, -0.2) is 4.98 Å². The molecule has 1 saturated heterocycles. The van der Waals surface area contributed by atoms with Crippen molar-refractivity contribution in [1.29, 1.82) is 0 Å². The van der Waals surface area contributed by atoms with E-state index in [0.717, 1.165) is 17.3 Å². The van der Waals surface area contributed by atoms with Crippen LogP contribution in [-0.2, 0) is 10.9 Å². The zero-order chi connectivity index (χ0) is 23.4. The minimum absolute atomic E-state index is 0.0149. The fraction of sp³-hybridized carbons (Fsp3) is 0.304. The van der Waals surface area contributed by atoms with Crippen molar-refractivity contribution in [3.05, 3.63) is 72.7 Å². The Morgan fingerprint density at radius 3 is 2.36 bits per heavy atom. The number of nitrogens with zero attached hydrogens (tertiary/aromatic N) is 2. The number of nitrogens with one attached hydrogen (secondary N) is 1. The summed E-state index contributed by atoms with van der Waals surface area (Å²) >= 11 is 0. The molecule has 0 amide bonds. The minimum Gasteiger partial charge on any atom is -0.491 e. The molecule has 33 heavy (non-hydrogen) atoms. The summed E-state index contributed by atoms with van der Waals surface area (Å²) in [5.41, 5.74) is 0.935.